The number of pyridine rings is 1. The van der Waals surface area contributed by atoms with E-state index in [1.807, 2.05) is 13.8 Å². The van der Waals surface area contributed by atoms with Gasteiger partial charge in [0.2, 0.25) is 0 Å². The van der Waals surface area contributed by atoms with E-state index in [9.17, 15) is 4.79 Å². The van der Waals surface area contributed by atoms with Gasteiger partial charge in [-0.2, -0.15) is 0 Å². The molecule has 1 amide bonds. The molecule has 0 saturated heterocycles. The molecule has 0 aromatic carbocycles. The number of hydrogen-bond donors (Lipinski definition) is 1. The van der Waals surface area contributed by atoms with Crippen LogP contribution in [-0.4, -0.2) is 24.1 Å². The summed E-state index contributed by atoms with van der Waals surface area (Å²) in [6, 6.07) is 1.64. The Bertz CT molecular complexity index is 353. The molecule has 1 rings (SSSR count). The van der Waals surface area contributed by atoms with Crippen molar-refractivity contribution in [2.24, 2.45) is 5.73 Å². The van der Waals surface area contributed by atoms with Crippen molar-refractivity contribution in [2.75, 3.05) is 13.2 Å². The van der Waals surface area contributed by atoms with Gasteiger partial charge in [0.25, 0.3) is 5.91 Å². The van der Waals surface area contributed by atoms with Crippen LogP contribution in [-0.2, 0) is 0 Å². The van der Waals surface area contributed by atoms with Crippen LogP contribution in [0.25, 0.3) is 0 Å². The Kier molecular flexibility index (Phi) is 3.91. The monoisotopic (exact) mass is 210 g/mol. The van der Waals surface area contributed by atoms with Crippen LogP contribution in [0.2, 0.25) is 0 Å². The highest BCUT2D eigenvalue weighted by atomic mass is 16.5. The Labute approximate surface area is 88.2 Å². The van der Waals surface area contributed by atoms with Crippen molar-refractivity contribution in [3.8, 4) is 11.5 Å². The normalized spacial score (nSPS) is 9.73. The smallest absolute Gasteiger partial charge is 0.271 e. The number of primary amides is 1. The maximum absolute atomic E-state index is 11.1. The van der Waals surface area contributed by atoms with Gasteiger partial charge in [-0.05, 0) is 13.8 Å². The molecule has 15 heavy (non-hydrogen) atoms. The average molecular weight is 210 g/mol. The Hall–Kier alpha value is -1.78. The Balaban J connectivity index is 3.15. The van der Waals surface area contributed by atoms with Crippen LogP contribution in [0.1, 0.15) is 24.3 Å². The lowest BCUT2D eigenvalue weighted by Crippen LogP contribution is -2.15. The molecule has 0 radical (unpaired) electrons. The van der Waals surface area contributed by atoms with Gasteiger partial charge in [-0.1, -0.05) is 0 Å². The topological polar surface area (TPSA) is 74.4 Å². The summed E-state index contributed by atoms with van der Waals surface area (Å²) in [5, 5.41) is 0. The summed E-state index contributed by atoms with van der Waals surface area (Å²) >= 11 is 0. The molecule has 0 aliphatic rings. The van der Waals surface area contributed by atoms with E-state index >= 15 is 0 Å². The van der Waals surface area contributed by atoms with Crippen LogP contribution < -0.4 is 15.2 Å². The summed E-state index contributed by atoms with van der Waals surface area (Å²) in [6.07, 6.45) is 1.47. The summed E-state index contributed by atoms with van der Waals surface area (Å²) < 4.78 is 10.6. The molecule has 0 unspecified atom stereocenters. The van der Waals surface area contributed by atoms with Gasteiger partial charge in [0.1, 0.15) is 0 Å². The van der Waals surface area contributed by atoms with Crippen molar-refractivity contribution in [1.29, 1.82) is 0 Å². The molecule has 82 valence electrons. The number of nitrogens with two attached hydrogens (primary N) is 1. The number of rotatable bonds is 5. The first-order valence-corrected chi connectivity index (χ1v) is 4.75. The van der Waals surface area contributed by atoms with Crippen molar-refractivity contribution in [3.63, 3.8) is 0 Å². The van der Waals surface area contributed by atoms with Crippen molar-refractivity contribution in [3.05, 3.63) is 18.0 Å². The second-order valence-corrected chi connectivity index (χ2v) is 2.72. The standard InChI is InChI=1S/C10H14N2O3/c1-3-14-7-5-6-12-8(10(11)13)9(7)15-4-2/h5-6H,3-4H2,1-2H3,(H2,11,13). The minimum absolute atomic E-state index is 0.0998. The van der Waals surface area contributed by atoms with E-state index in [2.05, 4.69) is 4.98 Å². The van der Waals surface area contributed by atoms with E-state index in [1.165, 1.54) is 6.20 Å². The van der Waals surface area contributed by atoms with Crippen LogP contribution in [0.5, 0.6) is 11.5 Å². The van der Waals surface area contributed by atoms with Gasteiger partial charge in [-0.3, -0.25) is 4.79 Å². The Morgan fingerprint density at radius 1 is 1.40 bits per heavy atom. The zero-order chi connectivity index (χ0) is 11.3. The van der Waals surface area contributed by atoms with Gasteiger partial charge in [-0.15, -0.1) is 0 Å². The van der Waals surface area contributed by atoms with E-state index in [0.29, 0.717) is 24.7 Å². The molecule has 1 heterocycles. The highest BCUT2D eigenvalue weighted by Crippen LogP contribution is 2.29. The van der Waals surface area contributed by atoms with Gasteiger partial charge in [0, 0.05) is 12.3 Å². The second kappa shape index (κ2) is 5.19. The molecule has 0 bridgehead atoms. The average Bonchev–Trinajstić information content (AvgIpc) is 2.21. The molecule has 5 nitrogen and oxygen atoms in total. The van der Waals surface area contributed by atoms with Crippen LogP contribution in [0, 0.1) is 0 Å². The predicted molar refractivity (Wildman–Crippen MR) is 55.1 cm³/mol. The number of ether oxygens (including phenoxy) is 2. The van der Waals surface area contributed by atoms with E-state index in [4.69, 9.17) is 15.2 Å². The molecule has 0 aliphatic heterocycles. The highest BCUT2D eigenvalue weighted by molar-refractivity contribution is 5.94. The van der Waals surface area contributed by atoms with Crippen LogP contribution in [0.4, 0.5) is 0 Å². The maximum atomic E-state index is 11.1. The molecule has 1 aromatic heterocycles. The first-order valence-electron chi connectivity index (χ1n) is 4.75. The van der Waals surface area contributed by atoms with E-state index in [0.717, 1.165) is 0 Å². The summed E-state index contributed by atoms with van der Waals surface area (Å²) in [4.78, 5) is 14.9. The lowest BCUT2D eigenvalue weighted by atomic mass is 10.3. The van der Waals surface area contributed by atoms with Crippen LogP contribution in [0.3, 0.4) is 0 Å². The molecule has 1 aromatic rings. The number of aromatic nitrogens is 1. The van der Waals surface area contributed by atoms with Crippen molar-refractivity contribution < 1.29 is 14.3 Å². The van der Waals surface area contributed by atoms with Gasteiger partial charge in [-0.25, -0.2) is 4.98 Å². The molecular formula is C10H14N2O3. The minimum atomic E-state index is -0.625. The largest absolute Gasteiger partial charge is 0.490 e. The fraction of sp³-hybridized carbons (Fsp3) is 0.400. The minimum Gasteiger partial charge on any atom is -0.490 e. The van der Waals surface area contributed by atoms with E-state index < -0.39 is 5.91 Å². The first kappa shape index (κ1) is 11.3. The fourth-order valence-corrected chi connectivity index (χ4v) is 1.16. The predicted octanol–water partition coefficient (Wildman–Crippen LogP) is 0.978. The van der Waals surface area contributed by atoms with Crippen molar-refractivity contribution >= 4 is 5.91 Å². The molecule has 0 saturated carbocycles. The third kappa shape index (κ3) is 2.59. The Morgan fingerprint density at radius 2 is 2.07 bits per heavy atom. The highest BCUT2D eigenvalue weighted by Gasteiger charge is 2.16. The lowest BCUT2D eigenvalue weighted by Gasteiger charge is -2.12. The zero-order valence-electron chi connectivity index (χ0n) is 8.82. The molecule has 5 heteroatoms. The van der Waals surface area contributed by atoms with Gasteiger partial charge < -0.3 is 15.2 Å². The van der Waals surface area contributed by atoms with E-state index in [1.54, 1.807) is 6.07 Å². The van der Waals surface area contributed by atoms with Crippen molar-refractivity contribution in [2.45, 2.75) is 13.8 Å². The van der Waals surface area contributed by atoms with E-state index in [-0.39, 0.29) is 5.69 Å². The van der Waals surface area contributed by atoms with Crippen LogP contribution >= 0.6 is 0 Å². The SMILES string of the molecule is CCOc1ccnc(C(N)=O)c1OCC. The number of hydrogen-bond acceptors (Lipinski definition) is 4. The molecule has 0 fully saturated rings. The quantitative estimate of drug-likeness (QED) is 0.786. The van der Waals surface area contributed by atoms with Gasteiger partial charge in [0.15, 0.2) is 17.2 Å². The second-order valence-electron chi connectivity index (χ2n) is 2.72. The molecule has 2 N–H and O–H groups in total. The molecule has 0 atom stereocenters. The Morgan fingerprint density at radius 3 is 2.60 bits per heavy atom. The first-order chi connectivity index (χ1) is 7.20. The van der Waals surface area contributed by atoms with Crippen LogP contribution in [0.15, 0.2) is 12.3 Å². The fourth-order valence-electron chi connectivity index (χ4n) is 1.16. The number of carbonyl (C=O) groups is 1. The summed E-state index contributed by atoms with van der Waals surface area (Å²) in [6.45, 7) is 4.57. The number of amides is 1. The molecule has 0 spiro atoms. The van der Waals surface area contributed by atoms with Gasteiger partial charge in [0.05, 0.1) is 13.2 Å². The summed E-state index contributed by atoms with van der Waals surface area (Å²) in [7, 11) is 0. The molecular weight excluding hydrogens is 196 g/mol. The lowest BCUT2D eigenvalue weighted by molar-refractivity contribution is 0.0990. The van der Waals surface area contributed by atoms with Crippen molar-refractivity contribution in [1.82, 2.24) is 4.98 Å². The number of nitrogens with zero attached hydrogens (tertiary/aromatic N) is 1. The zero-order valence-corrected chi connectivity index (χ0v) is 8.82. The summed E-state index contributed by atoms with van der Waals surface area (Å²) in [5.74, 6) is 0.178. The van der Waals surface area contributed by atoms with Gasteiger partial charge >= 0.3 is 0 Å². The summed E-state index contributed by atoms with van der Waals surface area (Å²) in [5.41, 5.74) is 5.27. The third-order valence-corrected chi connectivity index (χ3v) is 1.69. The maximum Gasteiger partial charge on any atom is 0.271 e. The number of carbonyl (C=O) groups excluding carboxylic acids is 1. The molecule has 0 aliphatic carbocycles. The third-order valence-electron chi connectivity index (χ3n) is 1.69.